The first kappa shape index (κ1) is 11.7. The molecule has 96 valence electrons. The molecule has 0 saturated heterocycles. The Morgan fingerprint density at radius 1 is 1.32 bits per heavy atom. The highest BCUT2D eigenvalue weighted by atomic mass is 35.5. The normalized spacial score (nSPS) is 10.8. The van der Waals surface area contributed by atoms with E-state index in [1.165, 1.54) is 0 Å². The lowest BCUT2D eigenvalue weighted by atomic mass is 10.3. The number of halogens is 1. The van der Waals surface area contributed by atoms with Crippen LogP contribution in [0.4, 0.5) is 17.5 Å². The van der Waals surface area contributed by atoms with E-state index < -0.39 is 0 Å². The van der Waals surface area contributed by atoms with Crippen molar-refractivity contribution >= 4 is 34.7 Å². The maximum Gasteiger partial charge on any atom is 0.226 e. The maximum absolute atomic E-state index is 6.00. The van der Waals surface area contributed by atoms with Crippen molar-refractivity contribution < 1.29 is 0 Å². The van der Waals surface area contributed by atoms with Crippen molar-refractivity contribution in [2.24, 2.45) is 0 Å². The van der Waals surface area contributed by atoms with Crippen LogP contribution in [0.25, 0.3) is 5.65 Å². The predicted octanol–water partition coefficient (Wildman–Crippen LogP) is 2.13. The maximum atomic E-state index is 6.00. The lowest BCUT2D eigenvalue weighted by Crippen LogP contribution is -2.12. The largest absolute Gasteiger partial charge is 0.368 e. The standard InChI is InChI=1S/C12H11ClN6/c1-18(9-4-2-3-8(13)7-9)10-11-16-17-12(14)19(11)6-5-15-10/h2-7H,1H3,(H2,14,17). The number of anilines is 3. The van der Waals surface area contributed by atoms with Crippen molar-refractivity contribution in [2.75, 3.05) is 17.7 Å². The molecule has 0 radical (unpaired) electrons. The summed E-state index contributed by atoms with van der Waals surface area (Å²) >= 11 is 6.00. The Morgan fingerprint density at radius 3 is 2.95 bits per heavy atom. The van der Waals surface area contributed by atoms with Crippen LogP contribution < -0.4 is 10.6 Å². The van der Waals surface area contributed by atoms with Crippen LogP contribution in [0.15, 0.2) is 36.7 Å². The number of hydrogen-bond donors (Lipinski definition) is 1. The Bertz CT molecular complexity index is 738. The van der Waals surface area contributed by atoms with Gasteiger partial charge in [-0.15, -0.1) is 10.2 Å². The average molecular weight is 275 g/mol. The fourth-order valence-corrected chi connectivity index (χ4v) is 2.06. The van der Waals surface area contributed by atoms with Crippen LogP contribution >= 0.6 is 11.6 Å². The second kappa shape index (κ2) is 4.40. The molecule has 0 aliphatic carbocycles. The van der Waals surface area contributed by atoms with Crippen LogP contribution in [0.2, 0.25) is 5.02 Å². The van der Waals surface area contributed by atoms with Gasteiger partial charge in [0.1, 0.15) is 0 Å². The van der Waals surface area contributed by atoms with Gasteiger partial charge in [-0.25, -0.2) is 4.98 Å². The van der Waals surface area contributed by atoms with E-state index in [-0.39, 0.29) is 0 Å². The van der Waals surface area contributed by atoms with Crippen molar-refractivity contribution in [1.29, 1.82) is 0 Å². The number of fused-ring (bicyclic) bond motifs is 1. The molecular formula is C12H11ClN6. The average Bonchev–Trinajstić information content (AvgIpc) is 2.80. The Hall–Kier alpha value is -2.34. The highest BCUT2D eigenvalue weighted by Gasteiger charge is 2.13. The van der Waals surface area contributed by atoms with Gasteiger partial charge in [0.25, 0.3) is 0 Å². The summed E-state index contributed by atoms with van der Waals surface area (Å²) in [4.78, 5) is 6.21. The molecule has 0 aliphatic rings. The summed E-state index contributed by atoms with van der Waals surface area (Å²) in [6, 6.07) is 7.50. The Balaban J connectivity index is 2.14. The van der Waals surface area contributed by atoms with Gasteiger partial charge in [-0.3, -0.25) is 4.40 Å². The van der Waals surface area contributed by atoms with Gasteiger partial charge in [0.05, 0.1) is 0 Å². The lowest BCUT2D eigenvalue weighted by molar-refractivity contribution is 1.07. The van der Waals surface area contributed by atoms with Gasteiger partial charge in [0.2, 0.25) is 11.6 Å². The van der Waals surface area contributed by atoms with E-state index >= 15 is 0 Å². The van der Waals surface area contributed by atoms with Crippen molar-refractivity contribution in [3.05, 3.63) is 41.7 Å². The first-order valence-electron chi connectivity index (χ1n) is 5.61. The zero-order chi connectivity index (χ0) is 13.4. The third-order valence-electron chi connectivity index (χ3n) is 2.85. The van der Waals surface area contributed by atoms with E-state index in [1.54, 1.807) is 16.8 Å². The fraction of sp³-hybridized carbons (Fsp3) is 0.0833. The summed E-state index contributed by atoms with van der Waals surface area (Å²) < 4.78 is 1.68. The van der Waals surface area contributed by atoms with Crippen molar-refractivity contribution in [3.8, 4) is 0 Å². The topological polar surface area (TPSA) is 72.3 Å². The number of hydrogen-bond acceptors (Lipinski definition) is 5. The molecule has 19 heavy (non-hydrogen) atoms. The van der Waals surface area contributed by atoms with Crippen LogP contribution in [0.1, 0.15) is 0 Å². The zero-order valence-corrected chi connectivity index (χ0v) is 10.9. The van der Waals surface area contributed by atoms with Gasteiger partial charge in [-0.1, -0.05) is 17.7 Å². The van der Waals surface area contributed by atoms with E-state index in [4.69, 9.17) is 17.3 Å². The SMILES string of the molecule is CN(c1cccc(Cl)c1)c1nccn2c(N)nnc12. The molecule has 0 spiro atoms. The minimum Gasteiger partial charge on any atom is -0.368 e. The monoisotopic (exact) mass is 274 g/mol. The smallest absolute Gasteiger partial charge is 0.226 e. The molecular weight excluding hydrogens is 264 g/mol. The van der Waals surface area contributed by atoms with Crippen LogP contribution in [0.5, 0.6) is 0 Å². The predicted molar refractivity (Wildman–Crippen MR) is 74.7 cm³/mol. The number of rotatable bonds is 2. The summed E-state index contributed by atoms with van der Waals surface area (Å²) in [5.41, 5.74) is 7.24. The van der Waals surface area contributed by atoms with Crippen LogP contribution in [-0.2, 0) is 0 Å². The summed E-state index contributed by atoms with van der Waals surface area (Å²) in [6.07, 6.45) is 3.38. The second-order valence-electron chi connectivity index (χ2n) is 4.04. The molecule has 0 bridgehead atoms. The quantitative estimate of drug-likeness (QED) is 0.775. The summed E-state index contributed by atoms with van der Waals surface area (Å²) in [5, 5.41) is 8.55. The summed E-state index contributed by atoms with van der Waals surface area (Å²) in [7, 11) is 1.89. The van der Waals surface area contributed by atoms with Gasteiger partial charge in [-0.05, 0) is 18.2 Å². The van der Waals surface area contributed by atoms with Gasteiger partial charge < -0.3 is 10.6 Å². The van der Waals surface area contributed by atoms with E-state index in [0.717, 1.165) is 5.69 Å². The summed E-state index contributed by atoms with van der Waals surface area (Å²) in [5.74, 6) is 0.993. The summed E-state index contributed by atoms with van der Waals surface area (Å²) in [6.45, 7) is 0. The highest BCUT2D eigenvalue weighted by Crippen LogP contribution is 2.26. The minimum absolute atomic E-state index is 0.332. The molecule has 0 saturated carbocycles. The zero-order valence-electron chi connectivity index (χ0n) is 10.2. The van der Waals surface area contributed by atoms with Crippen molar-refractivity contribution in [3.63, 3.8) is 0 Å². The number of nitrogens with zero attached hydrogens (tertiary/aromatic N) is 5. The fourth-order valence-electron chi connectivity index (χ4n) is 1.87. The molecule has 3 aromatic rings. The van der Waals surface area contributed by atoms with E-state index in [1.807, 2.05) is 36.2 Å². The van der Waals surface area contributed by atoms with Gasteiger partial charge >= 0.3 is 0 Å². The van der Waals surface area contributed by atoms with Gasteiger partial charge in [0, 0.05) is 30.2 Å². The third-order valence-corrected chi connectivity index (χ3v) is 3.08. The number of nitrogens with two attached hydrogens (primary N) is 1. The molecule has 0 aliphatic heterocycles. The first-order chi connectivity index (χ1) is 9.16. The molecule has 2 N–H and O–H groups in total. The number of aromatic nitrogens is 4. The van der Waals surface area contributed by atoms with Crippen molar-refractivity contribution in [2.45, 2.75) is 0 Å². The van der Waals surface area contributed by atoms with E-state index in [2.05, 4.69) is 15.2 Å². The molecule has 6 nitrogen and oxygen atoms in total. The minimum atomic E-state index is 0.332. The molecule has 0 atom stereocenters. The highest BCUT2D eigenvalue weighted by molar-refractivity contribution is 6.30. The van der Waals surface area contributed by atoms with E-state index in [9.17, 15) is 0 Å². The Labute approximate surface area is 114 Å². The molecule has 0 unspecified atom stereocenters. The van der Waals surface area contributed by atoms with Crippen LogP contribution in [0.3, 0.4) is 0 Å². The second-order valence-corrected chi connectivity index (χ2v) is 4.48. The molecule has 7 heteroatoms. The van der Waals surface area contributed by atoms with E-state index in [0.29, 0.717) is 22.4 Å². The molecule has 3 rings (SSSR count). The van der Waals surface area contributed by atoms with Gasteiger partial charge in [0.15, 0.2) is 5.82 Å². The molecule has 2 heterocycles. The number of benzene rings is 1. The molecule has 2 aromatic heterocycles. The van der Waals surface area contributed by atoms with Gasteiger partial charge in [-0.2, -0.15) is 0 Å². The lowest BCUT2D eigenvalue weighted by Gasteiger charge is -2.18. The Morgan fingerprint density at radius 2 is 2.16 bits per heavy atom. The molecule has 0 amide bonds. The molecule has 0 fully saturated rings. The molecule has 1 aromatic carbocycles. The number of nitrogen functional groups attached to an aromatic ring is 1. The van der Waals surface area contributed by atoms with Crippen LogP contribution in [0, 0.1) is 0 Å². The van der Waals surface area contributed by atoms with Crippen LogP contribution in [-0.4, -0.2) is 26.6 Å². The third kappa shape index (κ3) is 1.96. The Kier molecular flexibility index (Phi) is 2.72. The van der Waals surface area contributed by atoms with Crippen molar-refractivity contribution in [1.82, 2.24) is 19.6 Å². The first-order valence-corrected chi connectivity index (χ1v) is 5.99.